The maximum Gasteiger partial charge on any atom is 0.257 e. The Labute approximate surface area is 111 Å². The van der Waals surface area contributed by atoms with Gasteiger partial charge in [0.1, 0.15) is 11.6 Å². The summed E-state index contributed by atoms with van der Waals surface area (Å²) >= 11 is 0. The minimum atomic E-state index is -0.561. The quantitative estimate of drug-likeness (QED) is 0.893. The number of halogens is 1. The van der Waals surface area contributed by atoms with Crippen molar-refractivity contribution >= 4 is 5.91 Å². The summed E-state index contributed by atoms with van der Waals surface area (Å²) in [6.07, 6.45) is 1.74. The number of nitrogens with zero attached hydrogens (tertiary/aromatic N) is 1. The highest BCUT2D eigenvalue weighted by atomic mass is 19.1. The van der Waals surface area contributed by atoms with Gasteiger partial charge in [0, 0.05) is 26.3 Å². The third-order valence-corrected chi connectivity index (χ3v) is 3.63. The van der Waals surface area contributed by atoms with Gasteiger partial charge >= 0.3 is 0 Å². The van der Waals surface area contributed by atoms with Crippen molar-refractivity contribution in [2.24, 2.45) is 0 Å². The Morgan fingerprint density at radius 1 is 1.53 bits per heavy atom. The molecule has 1 fully saturated rings. The maximum absolute atomic E-state index is 12.9. The minimum absolute atomic E-state index is 0.127. The number of carbonyl (C=O) groups is 1. The molecule has 0 radical (unpaired) electrons. The van der Waals surface area contributed by atoms with Gasteiger partial charge in [0.2, 0.25) is 0 Å². The van der Waals surface area contributed by atoms with Crippen molar-refractivity contribution in [1.82, 2.24) is 4.90 Å². The molecule has 0 saturated carbocycles. The smallest absolute Gasteiger partial charge is 0.257 e. The van der Waals surface area contributed by atoms with Crippen molar-refractivity contribution < 1.29 is 19.0 Å². The summed E-state index contributed by atoms with van der Waals surface area (Å²) in [5.41, 5.74) is -0.231. The molecule has 4 nitrogen and oxygen atoms in total. The number of phenols is 1. The summed E-state index contributed by atoms with van der Waals surface area (Å²) in [5, 5.41) is 9.66. The molecular formula is C14H18FNO3. The third kappa shape index (κ3) is 2.87. The Hall–Kier alpha value is -1.62. The van der Waals surface area contributed by atoms with Crippen molar-refractivity contribution in [2.45, 2.75) is 25.4 Å². The Balaban J connectivity index is 2.19. The number of likely N-dealkylation sites (tertiary alicyclic amines) is 1. The normalized spacial score (nSPS) is 23.4. The van der Waals surface area contributed by atoms with E-state index in [1.54, 1.807) is 12.0 Å². The van der Waals surface area contributed by atoms with Crippen LogP contribution in [0.2, 0.25) is 0 Å². The first kappa shape index (κ1) is 13.8. The van der Waals surface area contributed by atoms with Crippen molar-refractivity contribution in [2.75, 3.05) is 20.2 Å². The Kier molecular flexibility index (Phi) is 3.75. The van der Waals surface area contributed by atoms with E-state index in [9.17, 15) is 14.3 Å². The first-order chi connectivity index (χ1) is 8.95. The summed E-state index contributed by atoms with van der Waals surface area (Å²) in [7, 11) is 1.63. The van der Waals surface area contributed by atoms with E-state index < -0.39 is 5.82 Å². The van der Waals surface area contributed by atoms with Crippen molar-refractivity contribution in [1.29, 1.82) is 0 Å². The number of phenolic OH excluding ortho intramolecular Hbond substituents is 1. The predicted octanol–water partition coefficient (Wildman–Crippen LogP) is 2.17. The SMILES string of the molecule is COC1(C)CCCN(C(=O)c2ccc(F)cc2O)C1. The lowest BCUT2D eigenvalue weighted by molar-refractivity contribution is -0.0440. The zero-order valence-corrected chi connectivity index (χ0v) is 11.1. The number of hydrogen-bond acceptors (Lipinski definition) is 3. The first-order valence-corrected chi connectivity index (χ1v) is 6.28. The lowest BCUT2D eigenvalue weighted by Crippen LogP contribution is -2.49. The van der Waals surface area contributed by atoms with Crippen LogP contribution in [0.3, 0.4) is 0 Å². The number of ether oxygens (including phenoxy) is 1. The molecule has 1 heterocycles. The molecule has 1 atom stereocenters. The van der Waals surface area contributed by atoms with Gasteiger partial charge in [0.15, 0.2) is 0 Å². The molecular weight excluding hydrogens is 249 g/mol. The fourth-order valence-corrected chi connectivity index (χ4v) is 2.40. The second-order valence-electron chi connectivity index (χ2n) is 5.15. The van der Waals surface area contributed by atoms with Crippen LogP contribution >= 0.6 is 0 Å². The van der Waals surface area contributed by atoms with E-state index in [2.05, 4.69) is 0 Å². The first-order valence-electron chi connectivity index (χ1n) is 6.28. The summed E-state index contributed by atoms with van der Waals surface area (Å²) in [5.74, 6) is -1.18. The van der Waals surface area contributed by atoms with Gasteiger partial charge in [-0.25, -0.2) is 4.39 Å². The van der Waals surface area contributed by atoms with E-state index in [0.29, 0.717) is 13.1 Å². The average Bonchev–Trinajstić information content (AvgIpc) is 2.38. The molecule has 0 aromatic heterocycles. The van der Waals surface area contributed by atoms with Crippen LogP contribution in [-0.2, 0) is 4.74 Å². The second-order valence-corrected chi connectivity index (χ2v) is 5.15. The summed E-state index contributed by atoms with van der Waals surface area (Å²) < 4.78 is 18.4. The second kappa shape index (κ2) is 5.17. The van der Waals surface area contributed by atoms with E-state index in [1.807, 2.05) is 6.92 Å². The van der Waals surface area contributed by atoms with E-state index in [4.69, 9.17) is 4.74 Å². The summed E-state index contributed by atoms with van der Waals surface area (Å²) in [6.45, 7) is 3.05. The molecule has 0 bridgehead atoms. The highest BCUT2D eigenvalue weighted by molar-refractivity contribution is 5.96. The number of carbonyl (C=O) groups excluding carboxylic acids is 1. The van der Waals surface area contributed by atoms with E-state index >= 15 is 0 Å². The fraction of sp³-hybridized carbons (Fsp3) is 0.500. The molecule has 104 valence electrons. The molecule has 1 aliphatic heterocycles. The highest BCUT2D eigenvalue weighted by Crippen LogP contribution is 2.27. The Morgan fingerprint density at radius 2 is 2.26 bits per heavy atom. The van der Waals surface area contributed by atoms with Crippen LogP contribution in [-0.4, -0.2) is 41.7 Å². The largest absolute Gasteiger partial charge is 0.507 e. The Bertz CT molecular complexity index is 492. The van der Waals surface area contributed by atoms with E-state index in [0.717, 1.165) is 18.9 Å². The average molecular weight is 267 g/mol. The predicted molar refractivity (Wildman–Crippen MR) is 68.6 cm³/mol. The van der Waals surface area contributed by atoms with Crippen LogP contribution in [0.15, 0.2) is 18.2 Å². The third-order valence-electron chi connectivity index (χ3n) is 3.63. The van der Waals surface area contributed by atoms with Gasteiger partial charge in [-0.2, -0.15) is 0 Å². The Morgan fingerprint density at radius 3 is 2.89 bits per heavy atom. The standard InChI is InChI=1S/C14H18FNO3/c1-14(19-2)6-3-7-16(9-14)13(18)11-5-4-10(15)8-12(11)17/h4-5,8,17H,3,6-7,9H2,1-2H3. The van der Waals surface area contributed by atoms with Gasteiger partial charge in [-0.3, -0.25) is 4.79 Å². The molecule has 2 rings (SSSR count). The monoisotopic (exact) mass is 267 g/mol. The molecule has 5 heteroatoms. The summed E-state index contributed by atoms with van der Waals surface area (Å²) in [4.78, 5) is 14.0. The molecule has 0 aliphatic carbocycles. The van der Waals surface area contributed by atoms with Crippen molar-refractivity contribution in [3.05, 3.63) is 29.6 Å². The number of rotatable bonds is 2. The molecule has 1 amide bonds. The topological polar surface area (TPSA) is 49.8 Å². The summed E-state index contributed by atoms with van der Waals surface area (Å²) in [6, 6.07) is 3.44. The van der Waals surface area contributed by atoms with Crippen molar-refractivity contribution in [3.8, 4) is 5.75 Å². The van der Waals surface area contributed by atoms with Gasteiger partial charge in [0.25, 0.3) is 5.91 Å². The lowest BCUT2D eigenvalue weighted by atomic mass is 9.94. The lowest BCUT2D eigenvalue weighted by Gasteiger charge is -2.39. The molecule has 0 spiro atoms. The number of benzene rings is 1. The van der Waals surface area contributed by atoms with E-state index in [-0.39, 0.29) is 22.8 Å². The molecule has 19 heavy (non-hydrogen) atoms. The molecule has 1 N–H and O–H groups in total. The van der Waals surface area contributed by atoms with Gasteiger partial charge < -0.3 is 14.7 Å². The van der Waals surface area contributed by atoms with Crippen LogP contribution in [0.5, 0.6) is 5.75 Å². The zero-order valence-electron chi connectivity index (χ0n) is 11.1. The van der Waals surface area contributed by atoms with E-state index in [1.165, 1.54) is 12.1 Å². The molecule has 1 saturated heterocycles. The van der Waals surface area contributed by atoms with Gasteiger partial charge in [-0.05, 0) is 31.9 Å². The van der Waals surface area contributed by atoms with Crippen LogP contribution in [0, 0.1) is 5.82 Å². The highest BCUT2D eigenvalue weighted by Gasteiger charge is 2.33. The van der Waals surface area contributed by atoms with Crippen LogP contribution in [0.25, 0.3) is 0 Å². The number of aromatic hydroxyl groups is 1. The molecule has 1 aromatic carbocycles. The minimum Gasteiger partial charge on any atom is -0.507 e. The molecule has 1 aromatic rings. The maximum atomic E-state index is 12.9. The van der Waals surface area contributed by atoms with Crippen LogP contribution in [0.4, 0.5) is 4.39 Å². The molecule has 1 aliphatic rings. The zero-order chi connectivity index (χ0) is 14.0. The van der Waals surface area contributed by atoms with Crippen molar-refractivity contribution in [3.63, 3.8) is 0 Å². The number of amides is 1. The number of hydrogen-bond donors (Lipinski definition) is 1. The van der Waals surface area contributed by atoms with Crippen LogP contribution < -0.4 is 0 Å². The fourth-order valence-electron chi connectivity index (χ4n) is 2.40. The van der Waals surface area contributed by atoms with Gasteiger partial charge in [0.05, 0.1) is 11.2 Å². The number of methoxy groups -OCH3 is 1. The van der Waals surface area contributed by atoms with Gasteiger partial charge in [-0.15, -0.1) is 0 Å². The number of piperidine rings is 1. The molecule has 1 unspecified atom stereocenters. The van der Waals surface area contributed by atoms with Crippen LogP contribution in [0.1, 0.15) is 30.1 Å². The van der Waals surface area contributed by atoms with Gasteiger partial charge in [-0.1, -0.05) is 0 Å².